The Kier molecular flexibility index (Phi) is 5.99. The van der Waals surface area contributed by atoms with Crippen LogP contribution in [0.4, 0.5) is 5.69 Å². The molecule has 0 aliphatic carbocycles. The number of ether oxygens (including phenoxy) is 1. The largest absolute Gasteiger partial charge is 0.488 e. The van der Waals surface area contributed by atoms with Crippen molar-refractivity contribution in [2.45, 2.75) is 20.5 Å². The Balaban J connectivity index is 1.51. The van der Waals surface area contributed by atoms with Gasteiger partial charge in [0.15, 0.2) is 0 Å². The van der Waals surface area contributed by atoms with Gasteiger partial charge in [0.05, 0.1) is 20.5 Å². The number of benzene rings is 3. The third-order valence-electron chi connectivity index (χ3n) is 4.81. The van der Waals surface area contributed by atoms with Gasteiger partial charge in [0, 0.05) is 0 Å². The molecule has 1 aliphatic rings. The second kappa shape index (κ2) is 8.83. The molecule has 0 spiro atoms. The molecule has 0 unspecified atom stereocenters. The molecule has 0 bridgehead atoms. The lowest BCUT2D eigenvalue weighted by Gasteiger charge is -2.11. The molecule has 1 aliphatic heterocycles. The molecule has 1 amide bonds. The summed E-state index contributed by atoms with van der Waals surface area (Å²) in [7, 11) is 0. The molecule has 0 N–H and O–H groups in total. The van der Waals surface area contributed by atoms with Crippen molar-refractivity contribution in [1.82, 2.24) is 0 Å². The number of para-hydroxylation sites is 1. The zero-order valence-corrected chi connectivity index (χ0v) is 19.0. The van der Waals surface area contributed by atoms with Crippen LogP contribution in [0.2, 0.25) is 0 Å². The summed E-state index contributed by atoms with van der Waals surface area (Å²) in [6, 6.07) is 23.7. The van der Waals surface area contributed by atoms with Gasteiger partial charge in [-0.3, -0.25) is 4.79 Å². The number of anilines is 1. The Morgan fingerprint density at radius 2 is 1.80 bits per heavy atom. The molecule has 4 nitrogen and oxygen atoms in total. The minimum absolute atomic E-state index is 0.117. The number of nitrogens with zero attached hydrogens (tertiary/aromatic N) is 2. The average molecular weight is 508 g/mol. The molecule has 0 saturated carbocycles. The zero-order chi connectivity index (χ0) is 21.1. The highest BCUT2D eigenvalue weighted by molar-refractivity contribution is 14.1. The summed E-state index contributed by atoms with van der Waals surface area (Å²) >= 11 is 2.27. The quantitative estimate of drug-likeness (QED) is 0.314. The van der Waals surface area contributed by atoms with E-state index in [0.717, 1.165) is 26.1 Å². The number of hydrogen-bond donors (Lipinski definition) is 0. The van der Waals surface area contributed by atoms with Crippen molar-refractivity contribution in [1.29, 1.82) is 0 Å². The van der Waals surface area contributed by atoms with Gasteiger partial charge in [-0.25, -0.2) is 0 Å². The molecule has 30 heavy (non-hydrogen) atoms. The van der Waals surface area contributed by atoms with Crippen LogP contribution in [0, 0.1) is 10.5 Å². The molecule has 3 aromatic rings. The second-order valence-electron chi connectivity index (χ2n) is 7.16. The van der Waals surface area contributed by atoms with Crippen LogP contribution in [0.1, 0.15) is 23.6 Å². The molecule has 0 fully saturated rings. The van der Waals surface area contributed by atoms with Crippen molar-refractivity contribution < 1.29 is 9.53 Å². The lowest BCUT2D eigenvalue weighted by molar-refractivity contribution is -0.114. The van der Waals surface area contributed by atoms with Crippen LogP contribution < -0.4 is 9.75 Å². The molecule has 4 rings (SSSR count). The van der Waals surface area contributed by atoms with Crippen LogP contribution in [0.3, 0.4) is 0 Å². The molecule has 0 radical (unpaired) electrons. The molecular weight excluding hydrogens is 487 g/mol. The van der Waals surface area contributed by atoms with E-state index in [2.05, 4.69) is 52.8 Å². The first-order valence-electron chi connectivity index (χ1n) is 9.66. The van der Waals surface area contributed by atoms with Gasteiger partial charge in [0.1, 0.15) is 12.4 Å². The minimum atomic E-state index is -0.117. The van der Waals surface area contributed by atoms with E-state index in [1.165, 1.54) is 10.6 Å². The summed E-state index contributed by atoms with van der Waals surface area (Å²) in [6.45, 7) is 4.45. The highest BCUT2D eigenvalue weighted by Gasteiger charge is 2.28. The van der Waals surface area contributed by atoms with E-state index in [9.17, 15) is 4.79 Å². The molecule has 0 saturated heterocycles. The predicted octanol–water partition coefficient (Wildman–Crippen LogP) is 5.98. The molecule has 3 aromatic carbocycles. The Labute approximate surface area is 190 Å². The van der Waals surface area contributed by atoms with Crippen molar-refractivity contribution >= 4 is 46.0 Å². The summed E-state index contributed by atoms with van der Waals surface area (Å²) in [5.74, 6) is 0.710. The van der Waals surface area contributed by atoms with Gasteiger partial charge in [-0.15, -0.1) is 0 Å². The maximum absolute atomic E-state index is 12.9. The standard InChI is InChI=1S/C25H21IN2O2/c1-17-7-6-8-20(13-17)16-30-24-12-11-19(15-23(24)26)14-22-18(2)27-28(25(22)29)21-9-4-3-5-10-21/h3-15H,16H2,1-2H3/b22-14+. The molecular formula is C25H21IN2O2. The maximum atomic E-state index is 12.9. The Morgan fingerprint density at radius 3 is 2.53 bits per heavy atom. The van der Waals surface area contributed by atoms with Gasteiger partial charge in [-0.05, 0) is 77.9 Å². The topological polar surface area (TPSA) is 41.9 Å². The Morgan fingerprint density at radius 1 is 1.00 bits per heavy atom. The number of hydrogen-bond acceptors (Lipinski definition) is 3. The number of carbonyl (C=O) groups is 1. The van der Waals surface area contributed by atoms with Crippen molar-refractivity contribution in [3.8, 4) is 5.75 Å². The maximum Gasteiger partial charge on any atom is 0.280 e. The van der Waals surface area contributed by atoms with Crippen LogP contribution in [0.5, 0.6) is 5.75 Å². The van der Waals surface area contributed by atoms with Crippen LogP contribution in [0.15, 0.2) is 83.5 Å². The van der Waals surface area contributed by atoms with Gasteiger partial charge in [-0.2, -0.15) is 10.1 Å². The smallest absolute Gasteiger partial charge is 0.280 e. The van der Waals surface area contributed by atoms with E-state index in [-0.39, 0.29) is 5.91 Å². The first kappa shape index (κ1) is 20.3. The average Bonchev–Trinajstić information content (AvgIpc) is 3.02. The molecule has 5 heteroatoms. The Bertz CT molecular complexity index is 1150. The zero-order valence-electron chi connectivity index (χ0n) is 16.8. The molecule has 0 aromatic heterocycles. The number of amides is 1. The van der Waals surface area contributed by atoms with Gasteiger partial charge in [-0.1, -0.05) is 54.1 Å². The van der Waals surface area contributed by atoms with E-state index < -0.39 is 0 Å². The number of rotatable bonds is 5. The van der Waals surface area contributed by atoms with Gasteiger partial charge in [0.25, 0.3) is 5.91 Å². The minimum Gasteiger partial charge on any atom is -0.488 e. The first-order valence-corrected chi connectivity index (χ1v) is 10.7. The molecule has 0 atom stereocenters. The van der Waals surface area contributed by atoms with Gasteiger partial charge >= 0.3 is 0 Å². The SMILES string of the molecule is CC1=NN(c2ccccc2)C(=O)/C1=C/c1ccc(OCc2cccc(C)c2)c(I)c1. The Hall–Kier alpha value is -2.93. The molecule has 1 heterocycles. The highest BCUT2D eigenvalue weighted by atomic mass is 127. The fourth-order valence-electron chi connectivity index (χ4n) is 3.28. The van der Waals surface area contributed by atoms with Gasteiger partial charge < -0.3 is 4.74 Å². The normalized spacial score (nSPS) is 14.9. The highest BCUT2D eigenvalue weighted by Crippen LogP contribution is 2.27. The monoisotopic (exact) mass is 508 g/mol. The number of halogens is 1. The summed E-state index contributed by atoms with van der Waals surface area (Å²) in [5, 5.41) is 5.88. The van der Waals surface area contributed by atoms with E-state index >= 15 is 0 Å². The predicted molar refractivity (Wildman–Crippen MR) is 130 cm³/mol. The van der Waals surface area contributed by atoms with Crippen molar-refractivity contribution in [3.05, 3.63) is 98.6 Å². The summed E-state index contributed by atoms with van der Waals surface area (Å²) in [4.78, 5) is 12.9. The first-order chi connectivity index (χ1) is 14.5. The van der Waals surface area contributed by atoms with Gasteiger partial charge in [0.2, 0.25) is 0 Å². The summed E-state index contributed by atoms with van der Waals surface area (Å²) in [6.07, 6.45) is 1.89. The van der Waals surface area contributed by atoms with Crippen molar-refractivity contribution in [2.24, 2.45) is 5.10 Å². The number of carbonyl (C=O) groups excluding carboxylic acids is 1. The third kappa shape index (κ3) is 4.46. The second-order valence-corrected chi connectivity index (χ2v) is 8.33. The number of hydrazone groups is 1. The summed E-state index contributed by atoms with van der Waals surface area (Å²) in [5.41, 5.74) is 5.37. The van der Waals surface area contributed by atoms with E-state index in [1.54, 1.807) is 0 Å². The lowest BCUT2D eigenvalue weighted by atomic mass is 10.1. The van der Waals surface area contributed by atoms with Crippen molar-refractivity contribution in [3.63, 3.8) is 0 Å². The van der Waals surface area contributed by atoms with Crippen LogP contribution in [0.25, 0.3) is 6.08 Å². The van der Waals surface area contributed by atoms with Crippen molar-refractivity contribution in [2.75, 3.05) is 5.01 Å². The lowest BCUT2D eigenvalue weighted by Crippen LogP contribution is -2.21. The van der Waals surface area contributed by atoms with E-state index in [1.807, 2.05) is 67.6 Å². The van der Waals surface area contributed by atoms with Crippen LogP contribution in [-0.2, 0) is 11.4 Å². The van der Waals surface area contributed by atoms with E-state index in [0.29, 0.717) is 17.9 Å². The third-order valence-corrected chi connectivity index (χ3v) is 5.65. The van der Waals surface area contributed by atoms with E-state index in [4.69, 9.17) is 4.74 Å². The van der Waals surface area contributed by atoms with Crippen LogP contribution >= 0.6 is 22.6 Å². The summed E-state index contributed by atoms with van der Waals surface area (Å²) < 4.78 is 6.99. The number of aryl methyl sites for hydroxylation is 1. The molecule has 150 valence electrons. The van der Waals surface area contributed by atoms with Crippen LogP contribution in [-0.4, -0.2) is 11.6 Å². The fraction of sp³-hybridized carbons (Fsp3) is 0.120. The fourth-order valence-corrected chi connectivity index (χ4v) is 3.98.